The van der Waals surface area contributed by atoms with E-state index in [9.17, 15) is 32.9 Å². The fourth-order valence-corrected chi connectivity index (χ4v) is 5.48. The molecular weight excluding hydrogens is 579 g/mol. The largest absolute Gasteiger partial charge is 0.493 e. The van der Waals surface area contributed by atoms with Crippen LogP contribution >= 0.6 is 46.5 Å². The molecule has 3 aromatic rings. The lowest BCUT2D eigenvalue weighted by atomic mass is 10.1. The summed E-state index contributed by atoms with van der Waals surface area (Å²) in [6.45, 7) is 1.35. The number of rotatable bonds is 8. The lowest BCUT2D eigenvalue weighted by Crippen LogP contribution is -2.23. The molecule has 0 aliphatic heterocycles. The molecule has 0 unspecified atom stereocenters. The van der Waals surface area contributed by atoms with E-state index in [0.29, 0.717) is 4.57 Å². The Morgan fingerprint density at radius 2 is 2.00 bits per heavy atom. The highest BCUT2D eigenvalue weighted by molar-refractivity contribution is 7.99. The van der Waals surface area contributed by atoms with Crippen LogP contribution in [0.25, 0.3) is 5.69 Å². The van der Waals surface area contributed by atoms with Gasteiger partial charge in [0.15, 0.2) is 5.69 Å². The molecule has 3 rings (SSSR count). The Hall–Kier alpha value is -3.07. The summed E-state index contributed by atoms with van der Waals surface area (Å²) in [6.07, 6.45) is -0.0932. The van der Waals surface area contributed by atoms with E-state index >= 15 is 0 Å². The van der Waals surface area contributed by atoms with E-state index in [1.165, 1.54) is 6.92 Å². The summed E-state index contributed by atoms with van der Waals surface area (Å²) in [5.41, 5.74) is -2.03. The minimum Gasteiger partial charge on any atom is -0.493 e. The summed E-state index contributed by atoms with van der Waals surface area (Å²) in [5.74, 6) is -1.53. The number of nitriles is 1. The number of aromatic nitrogens is 3. The first-order valence-electron chi connectivity index (χ1n) is 9.30. The number of azo groups is 1. The van der Waals surface area contributed by atoms with Crippen LogP contribution in [-0.4, -0.2) is 48.8 Å². The van der Waals surface area contributed by atoms with E-state index in [0.717, 1.165) is 35.4 Å². The van der Waals surface area contributed by atoms with Crippen molar-refractivity contribution in [2.75, 3.05) is 5.75 Å². The van der Waals surface area contributed by atoms with E-state index in [1.54, 1.807) is 6.07 Å². The molecule has 0 saturated heterocycles. The zero-order chi connectivity index (χ0) is 26.8. The van der Waals surface area contributed by atoms with Crippen molar-refractivity contribution in [3.05, 3.63) is 43.7 Å². The molecule has 36 heavy (non-hydrogen) atoms. The number of carbonyl (C=O) groups is 1. The van der Waals surface area contributed by atoms with Crippen LogP contribution in [-0.2, 0) is 14.9 Å². The van der Waals surface area contributed by atoms with Gasteiger partial charge in [-0.3, -0.25) is 14.1 Å². The fourth-order valence-electron chi connectivity index (χ4n) is 2.75. The van der Waals surface area contributed by atoms with Crippen molar-refractivity contribution < 1.29 is 28.0 Å². The predicted octanol–water partition coefficient (Wildman–Crippen LogP) is 4.11. The fraction of sp³-hybridized carbons (Fsp3) is 0.167. The third-order valence-corrected chi connectivity index (χ3v) is 7.57. The zero-order valence-corrected chi connectivity index (χ0v) is 21.7. The van der Waals surface area contributed by atoms with E-state index in [1.807, 2.05) is 0 Å². The molecule has 0 atom stereocenters. The molecule has 3 N–H and O–H groups in total. The van der Waals surface area contributed by atoms with Gasteiger partial charge in [-0.25, -0.2) is 4.57 Å². The molecule has 0 aliphatic rings. The summed E-state index contributed by atoms with van der Waals surface area (Å²) < 4.78 is 36.8. The van der Waals surface area contributed by atoms with Gasteiger partial charge in [0.2, 0.25) is 16.2 Å². The lowest BCUT2D eigenvalue weighted by molar-refractivity contribution is -0.136. The van der Waals surface area contributed by atoms with E-state index in [2.05, 4.69) is 19.6 Å². The van der Waals surface area contributed by atoms with Gasteiger partial charge in [0, 0.05) is 22.8 Å². The van der Waals surface area contributed by atoms with Crippen molar-refractivity contribution >= 4 is 73.4 Å². The minimum atomic E-state index is -4.75. The van der Waals surface area contributed by atoms with E-state index in [-0.39, 0.29) is 39.4 Å². The molecule has 0 amide bonds. The van der Waals surface area contributed by atoms with Gasteiger partial charge < -0.3 is 10.2 Å². The number of nitrogens with zero attached hydrogens (tertiary/aromatic N) is 6. The summed E-state index contributed by atoms with van der Waals surface area (Å²) >= 11 is 14.0. The number of hydrogen-bond donors (Lipinski definition) is 3. The molecule has 0 aliphatic carbocycles. The van der Waals surface area contributed by atoms with Gasteiger partial charge in [0.05, 0.1) is 22.2 Å². The normalized spacial score (nSPS) is 11.6. The number of benzene rings is 1. The average Bonchev–Trinajstić information content (AvgIpc) is 3.22. The van der Waals surface area contributed by atoms with Crippen molar-refractivity contribution in [1.29, 1.82) is 5.26 Å². The van der Waals surface area contributed by atoms with Crippen LogP contribution in [0.15, 0.2) is 37.2 Å². The van der Waals surface area contributed by atoms with Crippen molar-refractivity contribution in [1.82, 2.24) is 13.9 Å². The molecule has 0 fully saturated rings. The van der Waals surface area contributed by atoms with Gasteiger partial charge in [-0.05, 0) is 19.1 Å². The van der Waals surface area contributed by atoms with Crippen LogP contribution in [0.4, 0.5) is 10.8 Å². The highest BCUT2D eigenvalue weighted by atomic mass is 35.5. The third-order valence-electron chi connectivity index (χ3n) is 4.38. The average molecular weight is 591 g/mol. The maximum Gasteiger partial charge on any atom is 0.304 e. The van der Waals surface area contributed by atoms with Crippen molar-refractivity contribution in [3.63, 3.8) is 0 Å². The zero-order valence-electron chi connectivity index (χ0n) is 17.7. The summed E-state index contributed by atoms with van der Waals surface area (Å²) in [4.78, 5) is 26.9. The molecule has 0 radical (unpaired) electrons. The van der Waals surface area contributed by atoms with Gasteiger partial charge in [-0.2, -0.15) is 23.0 Å². The summed E-state index contributed by atoms with van der Waals surface area (Å²) in [7, 11) is -4.75. The molecule has 2 aromatic heterocycles. The molecular formula is C18H12Cl2N6O7S3. The van der Waals surface area contributed by atoms with Crippen LogP contribution < -0.4 is 5.56 Å². The van der Waals surface area contributed by atoms with Gasteiger partial charge in [0.1, 0.15) is 16.5 Å². The molecule has 1 aromatic carbocycles. The van der Waals surface area contributed by atoms with Crippen molar-refractivity contribution in [2.45, 2.75) is 23.4 Å². The Balaban J connectivity index is 2.10. The smallest absolute Gasteiger partial charge is 0.304 e. The topological polar surface area (TPSA) is 208 Å². The molecule has 0 spiro atoms. The van der Waals surface area contributed by atoms with E-state index in [4.69, 9.17) is 28.3 Å². The first-order chi connectivity index (χ1) is 16.8. The van der Waals surface area contributed by atoms with Gasteiger partial charge in [-0.1, -0.05) is 35.0 Å². The number of hydrogen-bond acceptors (Lipinski definition) is 12. The van der Waals surface area contributed by atoms with Crippen LogP contribution in [0, 0.1) is 18.3 Å². The number of thioether (sulfide) groups is 1. The quantitative estimate of drug-likeness (QED) is 0.193. The standard InChI is InChI=1S/C18H12Cl2N6O7S3/c1-7-8(6-21)15(29)26(11-4-10(20)12(5-9(11)19)36(31,32)33)16(30)14(7)23-24-17-22-18(25-35-17)34-3-2-13(27)28/h4-5,30H,2-3H2,1H3,(H,27,28)(H,31,32,33)/b24-23+. The molecule has 0 bridgehead atoms. The van der Waals surface area contributed by atoms with Crippen LogP contribution in [0.5, 0.6) is 5.88 Å². The van der Waals surface area contributed by atoms with Crippen LogP contribution in [0.2, 0.25) is 10.0 Å². The molecule has 188 valence electrons. The lowest BCUT2D eigenvalue weighted by Gasteiger charge is -2.15. The highest BCUT2D eigenvalue weighted by Crippen LogP contribution is 2.37. The Bertz CT molecular complexity index is 1610. The molecule has 2 heterocycles. The second kappa shape index (κ2) is 10.9. The first kappa shape index (κ1) is 27.5. The Morgan fingerprint density at radius 1 is 1.31 bits per heavy atom. The first-order valence-corrected chi connectivity index (χ1v) is 13.3. The minimum absolute atomic E-state index is 0.0163. The number of aliphatic carboxylic acids is 1. The number of pyridine rings is 1. The highest BCUT2D eigenvalue weighted by Gasteiger charge is 2.24. The summed E-state index contributed by atoms with van der Waals surface area (Å²) in [6, 6.07) is 3.40. The maximum atomic E-state index is 12.9. The maximum absolute atomic E-state index is 12.9. The number of aromatic hydroxyl groups is 1. The SMILES string of the molecule is Cc1c(/N=N/c2nc(SCCC(=O)O)ns2)c(O)n(-c2cc(Cl)c(S(=O)(=O)O)cc2Cl)c(=O)c1C#N. The summed E-state index contributed by atoms with van der Waals surface area (Å²) in [5, 5.41) is 36.2. The van der Waals surface area contributed by atoms with Gasteiger partial charge in [-0.15, -0.1) is 10.2 Å². The number of carboxylic acids is 1. The van der Waals surface area contributed by atoms with E-state index < -0.39 is 48.0 Å². The Labute approximate surface area is 220 Å². The number of carboxylic acid groups (broad SMARTS) is 1. The molecule has 0 saturated carbocycles. The Kier molecular flexibility index (Phi) is 8.33. The van der Waals surface area contributed by atoms with Gasteiger partial charge in [0.25, 0.3) is 15.7 Å². The monoisotopic (exact) mass is 590 g/mol. The van der Waals surface area contributed by atoms with Crippen molar-refractivity contribution in [2.24, 2.45) is 10.2 Å². The molecule has 13 nitrogen and oxygen atoms in total. The second-order valence-electron chi connectivity index (χ2n) is 6.69. The number of halogens is 2. The Morgan fingerprint density at radius 3 is 2.61 bits per heavy atom. The third kappa shape index (κ3) is 5.83. The van der Waals surface area contributed by atoms with Crippen molar-refractivity contribution in [3.8, 4) is 17.6 Å². The van der Waals surface area contributed by atoms with Crippen LogP contribution in [0.1, 0.15) is 17.5 Å². The predicted molar refractivity (Wildman–Crippen MR) is 130 cm³/mol. The van der Waals surface area contributed by atoms with Gasteiger partial charge >= 0.3 is 5.97 Å². The molecule has 18 heteroatoms. The van der Waals surface area contributed by atoms with Crippen LogP contribution in [0.3, 0.4) is 0 Å². The second-order valence-corrected chi connectivity index (χ2v) is 10.7.